The van der Waals surface area contributed by atoms with Crippen LogP contribution in [0.1, 0.15) is 44.7 Å². The third kappa shape index (κ3) is 7.24. The van der Waals surface area contributed by atoms with Crippen LogP contribution >= 0.6 is 34.8 Å². The van der Waals surface area contributed by atoms with Crippen LogP contribution in [-0.4, -0.2) is 41.8 Å². The molecule has 0 bridgehead atoms. The largest absolute Gasteiger partial charge is 0.480 e. The molecule has 2 aromatic rings. The lowest BCUT2D eigenvalue weighted by Gasteiger charge is -2.44. The molecule has 41 heavy (non-hydrogen) atoms. The van der Waals surface area contributed by atoms with Gasteiger partial charge in [-0.2, -0.15) is 4.31 Å². The summed E-state index contributed by atoms with van der Waals surface area (Å²) in [6.07, 6.45) is 7.65. The first-order chi connectivity index (χ1) is 19.4. The summed E-state index contributed by atoms with van der Waals surface area (Å²) in [7, 11) is -4.24. The van der Waals surface area contributed by atoms with Crippen molar-refractivity contribution in [3.05, 3.63) is 99.0 Å². The minimum atomic E-state index is -4.24. The van der Waals surface area contributed by atoms with Crippen molar-refractivity contribution in [3.8, 4) is 0 Å². The molecular weight excluding hydrogens is 607 g/mol. The van der Waals surface area contributed by atoms with Gasteiger partial charge in [-0.05, 0) is 73.2 Å². The molecule has 0 radical (unpaired) electrons. The zero-order valence-corrected chi connectivity index (χ0v) is 25.6. The van der Waals surface area contributed by atoms with Gasteiger partial charge in [-0.3, -0.25) is 4.79 Å². The summed E-state index contributed by atoms with van der Waals surface area (Å²) in [6, 6.07) is 9.94. The van der Waals surface area contributed by atoms with Crippen LogP contribution in [0.3, 0.4) is 0 Å². The molecule has 0 fully saturated rings. The van der Waals surface area contributed by atoms with Gasteiger partial charge in [-0.1, -0.05) is 79.0 Å². The molecule has 1 aliphatic heterocycles. The van der Waals surface area contributed by atoms with Gasteiger partial charge in [0.15, 0.2) is 0 Å². The van der Waals surface area contributed by atoms with Crippen LogP contribution in [0.15, 0.2) is 88.3 Å². The number of benzene rings is 2. The fraction of sp³-hybridized carbons (Fsp3) is 0.333. The molecule has 2 N–H and O–H groups in total. The number of carbonyl (C=O) groups excluding carboxylic acids is 1. The summed E-state index contributed by atoms with van der Waals surface area (Å²) in [5.41, 5.74) is 0.817. The fourth-order valence-electron chi connectivity index (χ4n) is 5.30. The van der Waals surface area contributed by atoms with E-state index >= 15 is 0 Å². The van der Waals surface area contributed by atoms with Crippen LogP contribution in [0.5, 0.6) is 0 Å². The second kappa shape index (κ2) is 13.1. The van der Waals surface area contributed by atoms with Gasteiger partial charge in [0.1, 0.15) is 6.04 Å². The first kappa shape index (κ1) is 31.3. The van der Waals surface area contributed by atoms with Crippen molar-refractivity contribution in [1.82, 2.24) is 9.62 Å². The first-order valence-electron chi connectivity index (χ1n) is 13.2. The van der Waals surface area contributed by atoms with E-state index in [-0.39, 0.29) is 35.6 Å². The van der Waals surface area contributed by atoms with Gasteiger partial charge in [0.2, 0.25) is 15.9 Å². The number of sulfonamides is 1. The molecule has 0 saturated carbocycles. The Labute approximate surface area is 255 Å². The zero-order chi connectivity index (χ0) is 29.9. The van der Waals surface area contributed by atoms with Crippen molar-refractivity contribution in [2.75, 3.05) is 0 Å². The number of carboxylic acids is 1. The van der Waals surface area contributed by atoms with Gasteiger partial charge in [0.25, 0.3) is 0 Å². The minimum Gasteiger partial charge on any atom is -0.480 e. The molecule has 1 amide bonds. The summed E-state index contributed by atoms with van der Waals surface area (Å²) in [6.45, 7) is 3.73. The van der Waals surface area contributed by atoms with Gasteiger partial charge >= 0.3 is 5.97 Å². The maximum atomic E-state index is 14.5. The number of nitrogens with one attached hydrogen (secondary N) is 1. The van der Waals surface area contributed by atoms with E-state index in [0.29, 0.717) is 20.6 Å². The lowest BCUT2D eigenvalue weighted by Crippen LogP contribution is -2.53. The average molecular weight is 638 g/mol. The third-order valence-electron chi connectivity index (χ3n) is 7.13. The van der Waals surface area contributed by atoms with E-state index in [1.54, 1.807) is 42.5 Å². The first-order valence-corrected chi connectivity index (χ1v) is 15.8. The number of aliphatic carboxylic acids is 1. The van der Waals surface area contributed by atoms with Crippen molar-refractivity contribution in [2.45, 2.75) is 56.1 Å². The molecule has 2 aromatic carbocycles. The van der Waals surface area contributed by atoms with Crippen molar-refractivity contribution in [2.24, 2.45) is 11.8 Å². The average Bonchev–Trinajstić information content (AvgIpc) is 2.91. The molecule has 0 aromatic heterocycles. The summed E-state index contributed by atoms with van der Waals surface area (Å²) in [5, 5.41) is 13.8. The van der Waals surface area contributed by atoms with E-state index in [0.717, 1.165) is 0 Å². The Morgan fingerprint density at radius 3 is 2.39 bits per heavy atom. The molecule has 11 heteroatoms. The summed E-state index contributed by atoms with van der Waals surface area (Å²) < 4.78 is 30.3. The fourth-order valence-corrected chi connectivity index (χ4v) is 7.71. The standard InChI is InChI=1S/C30H31Cl3N2O5S/c1-18(2)15-26(30(37)38)34-29(36)25-13-14-27(19-5-3-7-22(32)16-19)35(28(25)20-6-4-8-23(33)17-20)41(39,40)24-11-9-21(31)10-12-24/h3-13,16,18,20,26-28H,14-15,17H2,1-2H3,(H,34,36)(H,37,38)/t20?,26-,27?,28?/m0/s1. The predicted molar refractivity (Wildman–Crippen MR) is 161 cm³/mol. The monoisotopic (exact) mass is 636 g/mol. The van der Waals surface area contributed by atoms with E-state index < -0.39 is 45.9 Å². The third-order valence-corrected chi connectivity index (χ3v) is 9.80. The number of allylic oxidation sites excluding steroid dienone is 3. The lowest BCUT2D eigenvalue weighted by molar-refractivity contribution is -0.141. The highest BCUT2D eigenvalue weighted by atomic mass is 35.5. The Morgan fingerprint density at radius 1 is 1.07 bits per heavy atom. The maximum Gasteiger partial charge on any atom is 0.326 e. The molecular formula is C30H31Cl3N2O5S. The number of hydrogen-bond acceptors (Lipinski definition) is 4. The Balaban J connectivity index is 1.89. The van der Waals surface area contributed by atoms with Crippen molar-refractivity contribution in [1.29, 1.82) is 0 Å². The highest BCUT2D eigenvalue weighted by Gasteiger charge is 2.47. The normalized spacial score (nSPS) is 22.1. The second-order valence-electron chi connectivity index (χ2n) is 10.6. The topological polar surface area (TPSA) is 104 Å². The van der Waals surface area contributed by atoms with E-state index in [2.05, 4.69) is 5.32 Å². The van der Waals surface area contributed by atoms with Gasteiger partial charge < -0.3 is 10.4 Å². The highest BCUT2D eigenvalue weighted by molar-refractivity contribution is 7.89. The summed E-state index contributed by atoms with van der Waals surface area (Å²) in [5.74, 6) is -2.30. The Hall–Kier alpha value is -2.62. The smallest absolute Gasteiger partial charge is 0.326 e. The Kier molecular flexibility index (Phi) is 10.0. The van der Waals surface area contributed by atoms with Gasteiger partial charge in [-0.15, -0.1) is 0 Å². The van der Waals surface area contributed by atoms with Crippen molar-refractivity contribution >= 4 is 56.7 Å². The van der Waals surface area contributed by atoms with E-state index in [1.807, 2.05) is 19.9 Å². The van der Waals surface area contributed by atoms with Crippen LogP contribution in [0.25, 0.3) is 0 Å². The highest BCUT2D eigenvalue weighted by Crippen LogP contribution is 2.44. The molecule has 1 heterocycles. The SMILES string of the molecule is CC(C)C[C@H](NC(=O)C1=CCC(c2cccc(Cl)c2)N(S(=O)(=O)c2ccc(Cl)cc2)C1C1C=CC=C(Cl)C1)C(=O)O. The van der Waals surface area contributed by atoms with Crippen molar-refractivity contribution < 1.29 is 23.1 Å². The van der Waals surface area contributed by atoms with E-state index in [9.17, 15) is 23.1 Å². The zero-order valence-electron chi connectivity index (χ0n) is 22.5. The van der Waals surface area contributed by atoms with Crippen molar-refractivity contribution in [3.63, 3.8) is 0 Å². The quantitative estimate of drug-likeness (QED) is 0.317. The lowest BCUT2D eigenvalue weighted by atomic mass is 9.82. The van der Waals surface area contributed by atoms with Crippen LogP contribution in [-0.2, 0) is 19.6 Å². The van der Waals surface area contributed by atoms with Crippen LogP contribution in [0.2, 0.25) is 10.0 Å². The van der Waals surface area contributed by atoms with Crippen LogP contribution in [0.4, 0.5) is 0 Å². The molecule has 3 unspecified atom stereocenters. The Morgan fingerprint density at radius 2 is 1.78 bits per heavy atom. The molecule has 7 nitrogen and oxygen atoms in total. The van der Waals surface area contributed by atoms with Gasteiger partial charge in [0, 0.05) is 26.6 Å². The number of nitrogens with zero attached hydrogens (tertiary/aromatic N) is 1. The number of halogens is 3. The molecule has 218 valence electrons. The molecule has 4 rings (SSSR count). The number of hydrogen-bond donors (Lipinski definition) is 2. The van der Waals surface area contributed by atoms with E-state index in [4.69, 9.17) is 34.8 Å². The maximum absolute atomic E-state index is 14.5. The number of carboxylic acid groups (broad SMARTS) is 1. The number of amides is 1. The van der Waals surface area contributed by atoms with Crippen LogP contribution in [0, 0.1) is 11.8 Å². The number of carbonyl (C=O) groups is 2. The molecule has 1 aliphatic carbocycles. The minimum absolute atomic E-state index is 0.00485. The Bertz CT molecular complexity index is 1500. The molecule has 2 aliphatic rings. The van der Waals surface area contributed by atoms with E-state index in [1.165, 1.54) is 28.6 Å². The van der Waals surface area contributed by atoms with Gasteiger partial charge in [0.05, 0.1) is 17.0 Å². The van der Waals surface area contributed by atoms with Gasteiger partial charge in [-0.25, -0.2) is 13.2 Å². The molecule has 0 saturated heterocycles. The van der Waals surface area contributed by atoms with Crippen LogP contribution < -0.4 is 5.32 Å². The summed E-state index contributed by atoms with van der Waals surface area (Å²) >= 11 is 18.8. The number of rotatable bonds is 9. The molecule has 0 spiro atoms. The second-order valence-corrected chi connectivity index (χ2v) is 13.8. The predicted octanol–water partition coefficient (Wildman–Crippen LogP) is 6.74. The molecule has 4 atom stereocenters. The summed E-state index contributed by atoms with van der Waals surface area (Å²) in [4.78, 5) is 25.8.